The van der Waals surface area contributed by atoms with Crippen molar-refractivity contribution in [3.05, 3.63) is 29.5 Å². The van der Waals surface area contributed by atoms with Crippen molar-refractivity contribution in [2.24, 2.45) is 0 Å². The molecular weight excluding hydrogens is 297 g/mol. The number of nitrogens with zero attached hydrogens (tertiary/aromatic N) is 2. The van der Waals surface area contributed by atoms with E-state index < -0.39 is 17.8 Å². The molecule has 1 aromatic heterocycles. The summed E-state index contributed by atoms with van der Waals surface area (Å²) in [5.74, 6) is -0.306. The zero-order valence-electron chi connectivity index (χ0n) is 12.2. The molecule has 2 heterocycles. The Balaban J connectivity index is 2.38. The number of piperidine rings is 1. The highest BCUT2D eigenvalue weighted by Crippen LogP contribution is 2.31. The summed E-state index contributed by atoms with van der Waals surface area (Å²) in [4.78, 5) is 16.8. The number of aromatic nitrogens is 1. The fraction of sp³-hybridized carbons (Fsp3) is 0.467. The van der Waals surface area contributed by atoms with Crippen LogP contribution >= 0.6 is 0 Å². The third kappa shape index (κ3) is 3.99. The highest BCUT2D eigenvalue weighted by atomic mass is 19.4. The first-order valence-corrected chi connectivity index (χ1v) is 7.01. The Labute approximate surface area is 126 Å². The van der Waals surface area contributed by atoms with Crippen LogP contribution in [0.4, 0.5) is 19.0 Å². The molecule has 0 spiro atoms. The normalized spacial score (nSPS) is 16.1. The second-order valence-corrected chi connectivity index (χ2v) is 5.01. The molecule has 120 valence electrons. The van der Waals surface area contributed by atoms with Crippen LogP contribution in [0.15, 0.2) is 18.2 Å². The summed E-state index contributed by atoms with van der Waals surface area (Å²) in [5, 5.41) is 0. The van der Waals surface area contributed by atoms with E-state index in [9.17, 15) is 18.0 Å². The van der Waals surface area contributed by atoms with Crippen LogP contribution in [0.5, 0.6) is 0 Å². The van der Waals surface area contributed by atoms with Gasteiger partial charge in [0.2, 0.25) is 0 Å². The Hall–Kier alpha value is -2.05. The van der Waals surface area contributed by atoms with Crippen LogP contribution in [0.25, 0.3) is 6.08 Å². The number of hydrogen-bond donors (Lipinski definition) is 0. The second-order valence-electron chi connectivity index (χ2n) is 5.01. The first-order chi connectivity index (χ1) is 10.4. The Morgan fingerprint density at radius 1 is 1.27 bits per heavy atom. The summed E-state index contributed by atoms with van der Waals surface area (Å²) in [7, 11) is 1.24. The number of alkyl halides is 3. The lowest BCUT2D eigenvalue weighted by molar-refractivity contribution is -0.141. The molecule has 2 rings (SSSR count). The largest absolute Gasteiger partial charge is 0.466 e. The van der Waals surface area contributed by atoms with E-state index in [1.54, 1.807) is 0 Å². The minimum absolute atomic E-state index is 0.259. The summed E-state index contributed by atoms with van der Waals surface area (Å²) in [6.45, 7) is 1.32. The van der Waals surface area contributed by atoms with E-state index in [-0.39, 0.29) is 5.82 Å². The molecule has 0 unspecified atom stereocenters. The van der Waals surface area contributed by atoms with Crippen LogP contribution < -0.4 is 4.90 Å². The van der Waals surface area contributed by atoms with Crippen molar-refractivity contribution in [1.29, 1.82) is 0 Å². The Morgan fingerprint density at radius 2 is 1.95 bits per heavy atom. The van der Waals surface area contributed by atoms with E-state index in [1.807, 2.05) is 4.90 Å². The third-order valence-corrected chi connectivity index (χ3v) is 3.45. The first-order valence-electron chi connectivity index (χ1n) is 7.01. The van der Waals surface area contributed by atoms with Crippen molar-refractivity contribution in [3.63, 3.8) is 0 Å². The molecule has 1 aromatic rings. The lowest BCUT2D eigenvalue weighted by atomic mass is 10.1. The van der Waals surface area contributed by atoms with Crippen LogP contribution in [0.3, 0.4) is 0 Å². The van der Waals surface area contributed by atoms with Crippen LogP contribution in [0.1, 0.15) is 30.5 Å². The van der Waals surface area contributed by atoms with Gasteiger partial charge >= 0.3 is 12.1 Å². The highest BCUT2D eigenvalue weighted by Gasteiger charge is 2.33. The minimum atomic E-state index is -4.49. The Morgan fingerprint density at radius 3 is 2.55 bits per heavy atom. The SMILES string of the molecule is COC(=O)/C=C/c1ccc(C(F)(F)F)nc1N1CCCCC1. The van der Waals surface area contributed by atoms with Gasteiger partial charge in [-0.05, 0) is 37.5 Å². The number of methoxy groups -OCH3 is 1. The van der Waals surface area contributed by atoms with E-state index in [1.165, 1.54) is 25.3 Å². The zero-order valence-corrected chi connectivity index (χ0v) is 12.2. The standard InChI is InChI=1S/C15H17F3N2O2/c1-22-13(21)8-6-11-5-7-12(15(16,17)18)19-14(11)20-9-3-2-4-10-20/h5-8H,2-4,9-10H2,1H3/b8-6+. The molecule has 22 heavy (non-hydrogen) atoms. The highest BCUT2D eigenvalue weighted by molar-refractivity contribution is 5.88. The van der Waals surface area contributed by atoms with Crippen molar-refractivity contribution in [2.75, 3.05) is 25.1 Å². The fourth-order valence-electron chi connectivity index (χ4n) is 2.33. The van der Waals surface area contributed by atoms with Gasteiger partial charge in [0, 0.05) is 24.7 Å². The molecule has 1 fully saturated rings. The number of esters is 1. The summed E-state index contributed by atoms with van der Waals surface area (Å²) < 4.78 is 43.1. The number of pyridine rings is 1. The minimum Gasteiger partial charge on any atom is -0.466 e. The van der Waals surface area contributed by atoms with E-state index >= 15 is 0 Å². The zero-order chi connectivity index (χ0) is 16.2. The van der Waals surface area contributed by atoms with Gasteiger partial charge in [-0.1, -0.05) is 0 Å². The lowest BCUT2D eigenvalue weighted by Crippen LogP contribution is -2.31. The Kier molecular flexibility index (Phi) is 5.05. The maximum atomic E-state index is 12.9. The van der Waals surface area contributed by atoms with Gasteiger partial charge < -0.3 is 9.64 Å². The first kappa shape index (κ1) is 16.3. The summed E-state index contributed by atoms with van der Waals surface area (Å²) in [5.41, 5.74) is -0.455. The van der Waals surface area contributed by atoms with Gasteiger partial charge in [0.05, 0.1) is 7.11 Å². The average Bonchev–Trinajstić information content (AvgIpc) is 2.52. The molecule has 0 amide bonds. The number of carbonyl (C=O) groups excluding carboxylic acids is 1. The summed E-state index contributed by atoms with van der Waals surface area (Å²) >= 11 is 0. The van der Waals surface area contributed by atoms with Crippen LogP contribution in [-0.4, -0.2) is 31.2 Å². The quantitative estimate of drug-likeness (QED) is 0.634. The number of carbonyl (C=O) groups is 1. The maximum absolute atomic E-state index is 12.9. The molecule has 4 nitrogen and oxygen atoms in total. The van der Waals surface area contributed by atoms with Gasteiger partial charge in [-0.15, -0.1) is 0 Å². The molecule has 1 aliphatic rings. The number of ether oxygens (including phenoxy) is 1. The van der Waals surface area contributed by atoms with E-state index in [4.69, 9.17) is 0 Å². The maximum Gasteiger partial charge on any atom is 0.433 e. The van der Waals surface area contributed by atoms with Crippen LogP contribution in [0, 0.1) is 0 Å². The predicted molar refractivity (Wildman–Crippen MR) is 76.4 cm³/mol. The lowest BCUT2D eigenvalue weighted by Gasteiger charge is -2.29. The van der Waals surface area contributed by atoms with Gasteiger partial charge in [0.25, 0.3) is 0 Å². The van der Waals surface area contributed by atoms with Crippen molar-refractivity contribution < 1.29 is 22.7 Å². The monoisotopic (exact) mass is 314 g/mol. The van der Waals surface area contributed by atoms with E-state index in [0.717, 1.165) is 25.3 Å². The number of hydrogen-bond acceptors (Lipinski definition) is 4. The molecule has 0 aromatic carbocycles. The molecule has 0 aliphatic carbocycles. The smallest absolute Gasteiger partial charge is 0.433 e. The van der Waals surface area contributed by atoms with Gasteiger partial charge in [-0.3, -0.25) is 0 Å². The van der Waals surface area contributed by atoms with Gasteiger partial charge in [0.15, 0.2) is 0 Å². The molecule has 0 saturated carbocycles. The fourth-order valence-corrected chi connectivity index (χ4v) is 2.33. The van der Waals surface area contributed by atoms with Crippen LogP contribution in [0.2, 0.25) is 0 Å². The number of halogens is 3. The number of rotatable bonds is 3. The van der Waals surface area contributed by atoms with E-state index in [0.29, 0.717) is 18.7 Å². The average molecular weight is 314 g/mol. The van der Waals surface area contributed by atoms with Gasteiger partial charge in [-0.2, -0.15) is 13.2 Å². The molecule has 1 saturated heterocycles. The van der Waals surface area contributed by atoms with Gasteiger partial charge in [0.1, 0.15) is 11.5 Å². The van der Waals surface area contributed by atoms with E-state index in [2.05, 4.69) is 9.72 Å². The topological polar surface area (TPSA) is 42.4 Å². The molecule has 0 bridgehead atoms. The van der Waals surface area contributed by atoms with Crippen molar-refractivity contribution in [2.45, 2.75) is 25.4 Å². The van der Waals surface area contributed by atoms with Crippen molar-refractivity contribution >= 4 is 17.9 Å². The van der Waals surface area contributed by atoms with Crippen molar-refractivity contribution in [1.82, 2.24) is 4.98 Å². The summed E-state index contributed by atoms with van der Waals surface area (Å²) in [6.07, 6.45) is 1.01. The summed E-state index contributed by atoms with van der Waals surface area (Å²) in [6, 6.07) is 2.25. The molecule has 7 heteroatoms. The molecule has 0 N–H and O–H groups in total. The number of anilines is 1. The predicted octanol–water partition coefficient (Wildman–Crippen LogP) is 3.28. The second kappa shape index (κ2) is 6.81. The molecular formula is C15H17F3N2O2. The molecule has 0 radical (unpaired) electrons. The Bertz CT molecular complexity index is 564. The van der Waals surface area contributed by atoms with Gasteiger partial charge in [-0.25, -0.2) is 9.78 Å². The third-order valence-electron chi connectivity index (χ3n) is 3.45. The molecule has 1 aliphatic heterocycles. The van der Waals surface area contributed by atoms with Crippen molar-refractivity contribution in [3.8, 4) is 0 Å². The molecule has 0 atom stereocenters. The van der Waals surface area contributed by atoms with Crippen LogP contribution in [-0.2, 0) is 15.7 Å².